The van der Waals surface area contributed by atoms with Crippen LogP contribution in [0.25, 0.3) is 0 Å². The predicted octanol–water partition coefficient (Wildman–Crippen LogP) is 1.91. The first kappa shape index (κ1) is 18.0. The third kappa shape index (κ3) is 5.36. The third-order valence-electron chi connectivity index (χ3n) is 4.19. The minimum atomic E-state index is -0.825. The fraction of sp³-hybridized carbons (Fsp3) is 0.400. The average molecular weight is 344 g/mol. The highest BCUT2D eigenvalue weighted by Crippen LogP contribution is 2.29. The van der Waals surface area contributed by atoms with Gasteiger partial charge in [0.25, 0.3) is 0 Å². The largest absolute Gasteiger partial charge is 0.394 e. The van der Waals surface area contributed by atoms with Crippen LogP contribution in [0, 0.1) is 0 Å². The molecule has 1 fully saturated rings. The Labute approximate surface area is 147 Å². The SMILES string of the molecule is OC[C@H]1O[C@@H]1[C@@H](OCc1ccccc1)[C@H](O)COCc1ccccc1. The summed E-state index contributed by atoms with van der Waals surface area (Å²) in [7, 11) is 0. The molecule has 4 atom stereocenters. The number of rotatable bonds is 10. The van der Waals surface area contributed by atoms with Gasteiger partial charge >= 0.3 is 0 Å². The van der Waals surface area contributed by atoms with E-state index in [1.54, 1.807) is 0 Å². The number of epoxide rings is 1. The summed E-state index contributed by atoms with van der Waals surface area (Å²) in [5.74, 6) is 0. The van der Waals surface area contributed by atoms with Crippen molar-refractivity contribution >= 4 is 0 Å². The molecule has 5 nitrogen and oxygen atoms in total. The van der Waals surface area contributed by atoms with Gasteiger partial charge in [-0.3, -0.25) is 0 Å². The lowest BCUT2D eigenvalue weighted by Gasteiger charge is -2.22. The van der Waals surface area contributed by atoms with E-state index >= 15 is 0 Å². The van der Waals surface area contributed by atoms with Crippen LogP contribution < -0.4 is 0 Å². The second-order valence-electron chi connectivity index (χ2n) is 6.15. The van der Waals surface area contributed by atoms with Crippen molar-refractivity contribution < 1.29 is 24.4 Å². The van der Waals surface area contributed by atoms with Gasteiger partial charge in [-0.2, -0.15) is 0 Å². The normalized spacial score (nSPS) is 21.7. The monoisotopic (exact) mass is 344 g/mol. The van der Waals surface area contributed by atoms with E-state index in [9.17, 15) is 10.2 Å². The second kappa shape index (κ2) is 9.08. The molecule has 0 saturated carbocycles. The van der Waals surface area contributed by atoms with Gasteiger partial charge in [-0.15, -0.1) is 0 Å². The minimum Gasteiger partial charge on any atom is -0.394 e. The number of aliphatic hydroxyl groups excluding tert-OH is 2. The van der Waals surface area contributed by atoms with Gasteiger partial charge in [0.1, 0.15) is 24.4 Å². The summed E-state index contributed by atoms with van der Waals surface area (Å²) in [6, 6.07) is 19.6. The maximum atomic E-state index is 10.5. The number of aliphatic hydroxyl groups is 2. The second-order valence-corrected chi connectivity index (χ2v) is 6.15. The smallest absolute Gasteiger partial charge is 0.115 e. The van der Waals surface area contributed by atoms with E-state index < -0.39 is 12.2 Å². The quantitative estimate of drug-likeness (QED) is 0.644. The zero-order valence-electron chi connectivity index (χ0n) is 14.0. The van der Waals surface area contributed by atoms with Crippen molar-refractivity contribution in [3.63, 3.8) is 0 Å². The summed E-state index contributed by atoms with van der Waals surface area (Å²) >= 11 is 0. The molecule has 0 aromatic heterocycles. The summed E-state index contributed by atoms with van der Waals surface area (Å²) in [5, 5.41) is 19.7. The molecule has 1 aliphatic rings. The van der Waals surface area contributed by atoms with Crippen LogP contribution in [-0.4, -0.2) is 47.8 Å². The lowest BCUT2D eigenvalue weighted by molar-refractivity contribution is -0.0900. The van der Waals surface area contributed by atoms with Crippen molar-refractivity contribution in [1.29, 1.82) is 0 Å². The zero-order valence-corrected chi connectivity index (χ0v) is 14.0. The lowest BCUT2D eigenvalue weighted by atomic mass is 10.1. The molecule has 3 rings (SSSR count). The van der Waals surface area contributed by atoms with Crippen LogP contribution in [0.1, 0.15) is 11.1 Å². The van der Waals surface area contributed by atoms with Crippen LogP contribution in [-0.2, 0) is 27.4 Å². The molecule has 134 valence electrons. The Morgan fingerprint density at radius 3 is 2.08 bits per heavy atom. The standard InChI is InChI=1S/C20H24O5/c21-11-18-20(25-18)19(24-13-16-9-5-2-6-10-16)17(22)14-23-12-15-7-3-1-4-8-15/h1-10,17-22H,11-14H2/t17-,18-,19+,20+/m1/s1. The van der Waals surface area contributed by atoms with Crippen molar-refractivity contribution in [2.45, 2.75) is 37.6 Å². The number of ether oxygens (including phenoxy) is 3. The van der Waals surface area contributed by atoms with Gasteiger partial charge in [-0.25, -0.2) is 0 Å². The molecule has 2 aromatic carbocycles. The van der Waals surface area contributed by atoms with Gasteiger partial charge in [-0.05, 0) is 11.1 Å². The fourth-order valence-electron chi connectivity index (χ4n) is 2.75. The molecule has 0 radical (unpaired) electrons. The third-order valence-corrected chi connectivity index (χ3v) is 4.19. The molecule has 0 bridgehead atoms. The van der Waals surface area contributed by atoms with Gasteiger partial charge in [0.15, 0.2) is 0 Å². The minimum absolute atomic E-state index is 0.0759. The maximum Gasteiger partial charge on any atom is 0.115 e. The topological polar surface area (TPSA) is 71.5 Å². The van der Waals surface area contributed by atoms with Crippen molar-refractivity contribution in [1.82, 2.24) is 0 Å². The first-order valence-corrected chi connectivity index (χ1v) is 8.49. The van der Waals surface area contributed by atoms with Crippen LogP contribution in [0.15, 0.2) is 60.7 Å². The van der Waals surface area contributed by atoms with Gasteiger partial charge in [-0.1, -0.05) is 60.7 Å². The van der Waals surface area contributed by atoms with Gasteiger partial charge in [0, 0.05) is 0 Å². The van der Waals surface area contributed by atoms with Gasteiger partial charge < -0.3 is 24.4 Å². The van der Waals surface area contributed by atoms with E-state index in [4.69, 9.17) is 14.2 Å². The molecule has 0 amide bonds. The molecule has 0 spiro atoms. The molecule has 1 aliphatic heterocycles. The molecular weight excluding hydrogens is 320 g/mol. The Kier molecular flexibility index (Phi) is 6.55. The Morgan fingerprint density at radius 1 is 0.920 bits per heavy atom. The van der Waals surface area contributed by atoms with E-state index in [-0.39, 0.29) is 25.4 Å². The number of hydrogen-bond acceptors (Lipinski definition) is 5. The van der Waals surface area contributed by atoms with Crippen LogP contribution in [0.3, 0.4) is 0 Å². The summed E-state index contributed by atoms with van der Waals surface area (Å²) < 4.78 is 16.9. The van der Waals surface area contributed by atoms with E-state index in [0.717, 1.165) is 11.1 Å². The fourth-order valence-corrected chi connectivity index (χ4v) is 2.75. The highest BCUT2D eigenvalue weighted by molar-refractivity contribution is 5.14. The molecule has 0 unspecified atom stereocenters. The molecule has 1 saturated heterocycles. The number of hydrogen-bond donors (Lipinski definition) is 2. The van der Waals surface area contributed by atoms with Crippen molar-refractivity contribution in [3.8, 4) is 0 Å². The van der Waals surface area contributed by atoms with Gasteiger partial charge in [0.2, 0.25) is 0 Å². The van der Waals surface area contributed by atoms with E-state index in [1.807, 2.05) is 60.7 Å². The highest BCUT2D eigenvalue weighted by Gasteiger charge is 2.48. The predicted molar refractivity (Wildman–Crippen MR) is 92.9 cm³/mol. The summed E-state index contributed by atoms with van der Waals surface area (Å²) in [4.78, 5) is 0. The van der Waals surface area contributed by atoms with Crippen molar-refractivity contribution in [2.75, 3.05) is 13.2 Å². The van der Waals surface area contributed by atoms with Crippen LogP contribution in [0.5, 0.6) is 0 Å². The van der Waals surface area contributed by atoms with E-state index in [2.05, 4.69) is 0 Å². The van der Waals surface area contributed by atoms with E-state index in [0.29, 0.717) is 13.2 Å². The van der Waals surface area contributed by atoms with E-state index in [1.165, 1.54) is 0 Å². The maximum absolute atomic E-state index is 10.5. The van der Waals surface area contributed by atoms with Gasteiger partial charge in [0.05, 0.1) is 26.4 Å². The molecule has 0 aliphatic carbocycles. The summed E-state index contributed by atoms with van der Waals surface area (Å²) in [6.07, 6.45) is -1.93. The molecule has 25 heavy (non-hydrogen) atoms. The Morgan fingerprint density at radius 2 is 1.52 bits per heavy atom. The van der Waals surface area contributed by atoms with Crippen LogP contribution in [0.4, 0.5) is 0 Å². The lowest BCUT2D eigenvalue weighted by Crippen LogP contribution is -2.38. The molecule has 2 aromatic rings. The summed E-state index contributed by atoms with van der Waals surface area (Å²) in [5.41, 5.74) is 2.07. The zero-order chi connectivity index (χ0) is 17.5. The highest BCUT2D eigenvalue weighted by atomic mass is 16.6. The Balaban J connectivity index is 1.51. The first-order chi connectivity index (χ1) is 12.3. The Hall–Kier alpha value is -1.76. The number of benzene rings is 2. The molecule has 1 heterocycles. The van der Waals surface area contributed by atoms with Crippen molar-refractivity contribution in [2.24, 2.45) is 0 Å². The molecule has 2 N–H and O–H groups in total. The molecular formula is C20H24O5. The van der Waals surface area contributed by atoms with Crippen LogP contribution >= 0.6 is 0 Å². The Bertz CT molecular complexity index is 618. The summed E-state index contributed by atoms with van der Waals surface area (Å²) in [6.45, 7) is 0.872. The average Bonchev–Trinajstić information content (AvgIpc) is 3.43. The first-order valence-electron chi connectivity index (χ1n) is 8.49. The van der Waals surface area contributed by atoms with Crippen LogP contribution in [0.2, 0.25) is 0 Å². The van der Waals surface area contributed by atoms with Crippen molar-refractivity contribution in [3.05, 3.63) is 71.8 Å². The molecule has 5 heteroatoms.